The number of aromatic nitrogens is 2. The molecule has 0 aliphatic heterocycles. The van der Waals surface area contributed by atoms with Gasteiger partial charge in [0, 0.05) is 0 Å². The zero-order valence-corrected chi connectivity index (χ0v) is 8.60. The number of aromatic amines is 1. The van der Waals surface area contributed by atoms with Crippen molar-refractivity contribution in [3.8, 4) is 0 Å². The molecule has 0 radical (unpaired) electrons. The molecule has 3 heteroatoms. The minimum absolute atomic E-state index is 0.492. The van der Waals surface area contributed by atoms with Crippen molar-refractivity contribution < 1.29 is 0 Å². The summed E-state index contributed by atoms with van der Waals surface area (Å²) in [6, 6.07) is 0. The van der Waals surface area contributed by atoms with Crippen LogP contribution in [-0.4, -0.2) is 9.97 Å². The van der Waals surface area contributed by atoms with Crippen LogP contribution in [-0.2, 0) is 0 Å². The Hall–Kier alpha value is -0.960. The highest BCUT2D eigenvalue weighted by Gasteiger charge is 2.10. The van der Waals surface area contributed by atoms with Gasteiger partial charge in [-0.1, -0.05) is 18.6 Å². The molecular formula is C10H12N2S. The average Bonchev–Trinajstić information content (AvgIpc) is 2.36. The quantitative estimate of drug-likeness (QED) is 0.608. The van der Waals surface area contributed by atoms with Crippen LogP contribution >= 0.6 is 12.6 Å². The Morgan fingerprint density at radius 2 is 2.31 bits per heavy atom. The molecule has 0 amide bonds. The van der Waals surface area contributed by atoms with Crippen LogP contribution in [0.4, 0.5) is 0 Å². The van der Waals surface area contributed by atoms with Gasteiger partial charge in [-0.2, -0.15) is 0 Å². The fraction of sp³-hybridized carbons (Fsp3) is 0.300. The number of H-pyrrole nitrogens is 1. The Morgan fingerprint density at radius 1 is 1.54 bits per heavy atom. The molecule has 1 aromatic rings. The summed E-state index contributed by atoms with van der Waals surface area (Å²) in [6.07, 6.45) is 6.35. The highest BCUT2D eigenvalue weighted by molar-refractivity contribution is 7.80. The van der Waals surface area contributed by atoms with Gasteiger partial charge in [0.2, 0.25) is 0 Å². The number of nitrogens with zero attached hydrogens (tertiary/aromatic N) is 1. The molecule has 0 saturated carbocycles. The summed E-state index contributed by atoms with van der Waals surface area (Å²) < 4.78 is 0. The second-order valence-electron chi connectivity index (χ2n) is 3.40. The first-order valence-corrected chi connectivity index (χ1v) is 4.77. The van der Waals surface area contributed by atoms with Crippen molar-refractivity contribution in [2.24, 2.45) is 5.92 Å². The molecule has 2 nitrogen and oxygen atoms in total. The molecule has 0 aromatic carbocycles. The van der Waals surface area contributed by atoms with Gasteiger partial charge in [0.1, 0.15) is 0 Å². The molecule has 2 rings (SSSR count). The zero-order chi connectivity index (χ0) is 9.42. The fourth-order valence-electron chi connectivity index (χ4n) is 1.36. The standard InChI is InChI=1S/C10H12N2S/c1-6-3-4-8-9(5-7(6)2)12-10(13)11-8/h3-6H,1-2H3,(H2,11,12,13)/t6-/m1/s1. The molecule has 68 valence electrons. The molecule has 1 aliphatic carbocycles. The number of rotatable bonds is 0. The van der Waals surface area contributed by atoms with E-state index >= 15 is 0 Å². The van der Waals surface area contributed by atoms with Gasteiger partial charge in [0.05, 0.1) is 11.4 Å². The maximum atomic E-state index is 4.28. The van der Waals surface area contributed by atoms with Crippen molar-refractivity contribution in [2.75, 3.05) is 0 Å². The van der Waals surface area contributed by atoms with Gasteiger partial charge in [-0.15, -0.1) is 12.6 Å². The lowest BCUT2D eigenvalue weighted by Crippen LogP contribution is -1.88. The van der Waals surface area contributed by atoms with Crippen molar-refractivity contribution in [3.05, 3.63) is 23.0 Å². The van der Waals surface area contributed by atoms with E-state index < -0.39 is 0 Å². The first-order chi connectivity index (χ1) is 6.16. The lowest BCUT2D eigenvalue weighted by molar-refractivity contribution is 0.876. The van der Waals surface area contributed by atoms with E-state index in [4.69, 9.17) is 0 Å². The van der Waals surface area contributed by atoms with Gasteiger partial charge in [-0.05, 0) is 25.0 Å². The number of hydrogen-bond acceptors (Lipinski definition) is 2. The van der Waals surface area contributed by atoms with Crippen LogP contribution in [0.25, 0.3) is 12.2 Å². The average molecular weight is 192 g/mol. The molecule has 0 fully saturated rings. The first-order valence-electron chi connectivity index (χ1n) is 4.32. The van der Waals surface area contributed by atoms with Crippen LogP contribution in [0.3, 0.4) is 0 Å². The van der Waals surface area contributed by atoms with Crippen molar-refractivity contribution in [3.63, 3.8) is 0 Å². The van der Waals surface area contributed by atoms with Crippen molar-refractivity contribution in [2.45, 2.75) is 19.0 Å². The molecule has 0 saturated heterocycles. The Labute approximate surface area is 83.2 Å². The Bertz CT molecular complexity index is 388. The van der Waals surface area contributed by atoms with Crippen molar-refractivity contribution >= 4 is 24.8 Å². The van der Waals surface area contributed by atoms with E-state index in [2.05, 4.69) is 54.7 Å². The normalized spacial score (nSPS) is 20.8. The summed E-state index contributed by atoms with van der Waals surface area (Å²) in [5.74, 6) is 0.492. The summed E-state index contributed by atoms with van der Waals surface area (Å²) in [6.45, 7) is 4.30. The highest BCUT2D eigenvalue weighted by Crippen LogP contribution is 2.23. The molecule has 1 aromatic heterocycles. The smallest absolute Gasteiger partial charge is 0.163 e. The summed E-state index contributed by atoms with van der Waals surface area (Å²) in [7, 11) is 0. The van der Waals surface area contributed by atoms with E-state index in [9.17, 15) is 0 Å². The van der Waals surface area contributed by atoms with Gasteiger partial charge in [0.25, 0.3) is 0 Å². The molecule has 1 atom stereocenters. The predicted octanol–water partition coefficient (Wildman–Crippen LogP) is 2.76. The maximum absolute atomic E-state index is 4.28. The molecule has 0 bridgehead atoms. The number of fused-ring (bicyclic) bond motifs is 1. The SMILES string of the molecule is CC1=Cc2nc(S)[nH]c2C=C[C@H]1C. The summed E-state index contributed by atoms with van der Waals surface area (Å²) in [5.41, 5.74) is 3.37. The second-order valence-corrected chi connectivity index (χ2v) is 3.82. The Kier molecular flexibility index (Phi) is 2.04. The van der Waals surface area contributed by atoms with E-state index in [0.717, 1.165) is 11.4 Å². The van der Waals surface area contributed by atoms with Crippen molar-refractivity contribution in [1.82, 2.24) is 9.97 Å². The second kappa shape index (κ2) is 3.07. The molecule has 1 heterocycles. The molecule has 1 N–H and O–H groups in total. The third-order valence-corrected chi connectivity index (χ3v) is 2.59. The van der Waals surface area contributed by atoms with Crippen molar-refractivity contribution in [1.29, 1.82) is 0 Å². The largest absolute Gasteiger partial charge is 0.333 e. The topological polar surface area (TPSA) is 28.7 Å². The maximum Gasteiger partial charge on any atom is 0.163 e. The first kappa shape index (κ1) is 8.63. The Morgan fingerprint density at radius 3 is 3.08 bits per heavy atom. The lowest BCUT2D eigenvalue weighted by Gasteiger charge is -2.02. The molecule has 1 aliphatic rings. The predicted molar refractivity (Wildman–Crippen MR) is 57.7 cm³/mol. The number of thiol groups is 1. The van der Waals surface area contributed by atoms with Crippen LogP contribution < -0.4 is 0 Å². The minimum Gasteiger partial charge on any atom is -0.333 e. The minimum atomic E-state index is 0.492. The fourth-order valence-corrected chi connectivity index (χ4v) is 1.59. The molecular weight excluding hydrogens is 180 g/mol. The van der Waals surface area contributed by atoms with E-state index in [-0.39, 0.29) is 0 Å². The van der Waals surface area contributed by atoms with E-state index in [1.54, 1.807) is 0 Å². The number of imidazole rings is 1. The van der Waals surface area contributed by atoms with Crippen LogP contribution in [0.5, 0.6) is 0 Å². The summed E-state index contributed by atoms with van der Waals surface area (Å²) in [5, 5.41) is 0.674. The molecule has 13 heavy (non-hydrogen) atoms. The third-order valence-electron chi connectivity index (χ3n) is 2.38. The van der Waals surface area contributed by atoms with Crippen LogP contribution in [0.1, 0.15) is 25.2 Å². The monoisotopic (exact) mass is 192 g/mol. The lowest BCUT2D eigenvalue weighted by atomic mass is 10.0. The number of allylic oxidation sites excluding steroid dienone is 2. The zero-order valence-electron chi connectivity index (χ0n) is 7.70. The van der Waals surface area contributed by atoms with Gasteiger partial charge in [0.15, 0.2) is 5.16 Å². The third kappa shape index (κ3) is 1.56. The van der Waals surface area contributed by atoms with E-state index in [0.29, 0.717) is 11.1 Å². The van der Waals surface area contributed by atoms with Crippen LogP contribution in [0.15, 0.2) is 16.8 Å². The van der Waals surface area contributed by atoms with E-state index in [1.165, 1.54) is 5.57 Å². The number of hydrogen-bond donors (Lipinski definition) is 2. The van der Waals surface area contributed by atoms with Crippen LogP contribution in [0.2, 0.25) is 0 Å². The Balaban J connectivity index is 2.54. The summed E-state index contributed by atoms with van der Waals surface area (Å²) >= 11 is 4.17. The van der Waals surface area contributed by atoms with Gasteiger partial charge >= 0.3 is 0 Å². The van der Waals surface area contributed by atoms with E-state index in [1.807, 2.05) is 0 Å². The highest BCUT2D eigenvalue weighted by atomic mass is 32.1. The van der Waals surface area contributed by atoms with Crippen LogP contribution in [0, 0.1) is 5.92 Å². The molecule has 0 spiro atoms. The van der Waals surface area contributed by atoms with Gasteiger partial charge in [-0.25, -0.2) is 4.98 Å². The summed E-state index contributed by atoms with van der Waals surface area (Å²) in [4.78, 5) is 7.38. The van der Waals surface area contributed by atoms with Gasteiger partial charge < -0.3 is 4.98 Å². The number of nitrogens with one attached hydrogen (secondary N) is 1. The molecule has 0 unspecified atom stereocenters. The van der Waals surface area contributed by atoms with Gasteiger partial charge in [-0.3, -0.25) is 0 Å².